The van der Waals surface area contributed by atoms with E-state index in [0.29, 0.717) is 17.2 Å². The number of benzene rings is 2. The molecular weight excluding hydrogens is 343 g/mol. The lowest BCUT2D eigenvalue weighted by atomic mass is 10.1. The summed E-state index contributed by atoms with van der Waals surface area (Å²) >= 11 is 0. The van der Waals surface area contributed by atoms with Crippen molar-refractivity contribution in [3.8, 4) is 17.2 Å². The molecule has 0 aliphatic carbocycles. The van der Waals surface area contributed by atoms with Crippen LogP contribution in [0.5, 0.6) is 17.2 Å². The molecule has 2 N–H and O–H groups in total. The highest BCUT2D eigenvalue weighted by molar-refractivity contribution is 5.96. The molecule has 2 rings (SSSR count). The first-order chi connectivity index (χ1) is 12.5. The Morgan fingerprint density at radius 1 is 0.962 bits per heavy atom. The minimum absolute atomic E-state index is 0.186. The molecule has 0 spiro atoms. The highest BCUT2D eigenvalue weighted by Gasteiger charge is 2.17. The molecule has 0 fully saturated rings. The number of hydrazine groups is 1. The lowest BCUT2D eigenvalue weighted by Crippen LogP contribution is -2.42. The average Bonchev–Trinajstić information content (AvgIpc) is 2.66. The smallest absolute Gasteiger partial charge is 0.269 e. The summed E-state index contributed by atoms with van der Waals surface area (Å²) in [4.78, 5) is 24.1. The maximum Gasteiger partial charge on any atom is 0.269 e. The van der Waals surface area contributed by atoms with E-state index in [9.17, 15) is 14.0 Å². The van der Waals surface area contributed by atoms with Crippen LogP contribution in [0.4, 0.5) is 4.39 Å². The summed E-state index contributed by atoms with van der Waals surface area (Å²) in [5.74, 6) is -0.694. The Hall–Kier alpha value is -3.29. The number of rotatable bonds is 6. The van der Waals surface area contributed by atoms with E-state index in [1.807, 2.05) is 0 Å². The maximum atomic E-state index is 13.5. The van der Waals surface area contributed by atoms with Gasteiger partial charge in [0.1, 0.15) is 5.82 Å². The molecule has 2 aromatic carbocycles. The molecule has 2 amide bonds. The summed E-state index contributed by atoms with van der Waals surface area (Å²) in [6.45, 7) is 0. The molecule has 0 aromatic heterocycles. The van der Waals surface area contributed by atoms with Crippen LogP contribution in [-0.2, 0) is 11.2 Å². The Kier molecular flexibility index (Phi) is 6.37. The van der Waals surface area contributed by atoms with Gasteiger partial charge in [0.2, 0.25) is 11.7 Å². The molecule has 0 saturated carbocycles. The fraction of sp³-hybridized carbons (Fsp3) is 0.222. The van der Waals surface area contributed by atoms with Crippen molar-refractivity contribution in [2.45, 2.75) is 6.42 Å². The van der Waals surface area contributed by atoms with Gasteiger partial charge in [0.15, 0.2) is 11.5 Å². The van der Waals surface area contributed by atoms with E-state index < -0.39 is 17.6 Å². The van der Waals surface area contributed by atoms with Gasteiger partial charge < -0.3 is 14.2 Å². The fourth-order valence-corrected chi connectivity index (χ4v) is 2.27. The number of carbonyl (C=O) groups excluding carboxylic acids is 2. The average molecular weight is 362 g/mol. The number of halogens is 1. The molecule has 2 aromatic rings. The van der Waals surface area contributed by atoms with E-state index in [4.69, 9.17) is 14.2 Å². The van der Waals surface area contributed by atoms with Crippen molar-refractivity contribution in [2.75, 3.05) is 21.3 Å². The van der Waals surface area contributed by atoms with E-state index in [0.717, 1.165) is 0 Å². The Bertz CT molecular complexity index is 785. The summed E-state index contributed by atoms with van der Waals surface area (Å²) in [5, 5.41) is 0. The van der Waals surface area contributed by atoms with Gasteiger partial charge in [0.25, 0.3) is 5.91 Å². The minimum atomic E-state index is -0.592. The molecule has 0 saturated heterocycles. The zero-order chi connectivity index (χ0) is 19.1. The highest BCUT2D eigenvalue weighted by Crippen LogP contribution is 2.38. The third-order valence-electron chi connectivity index (χ3n) is 3.55. The quantitative estimate of drug-likeness (QED) is 0.766. The van der Waals surface area contributed by atoms with Gasteiger partial charge in [-0.25, -0.2) is 4.39 Å². The Labute approximate surface area is 150 Å². The molecule has 138 valence electrons. The Morgan fingerprint density at radius 3 is 2.12 bits per heavy atom. The van der Waals surface area contributed by atoms with Crippen molar-refractivity contribution in [3.05, 3.63) is 53.3 Å². The molecule has 0 heterocycles. The molecule has 8 heteroatoms. The van der Waals surface area contributed by atoms with Crippen LogP contribution in [0.1, 0.15) is 15.9 Å². The number of methoxy groups -OCH3 is 3. The topological polar surface area (TPSA) is 85.9 Å². The zero-order valence-electron chi connectivity index (χ0n) is 14.6. The molecule has 0 radical (unpaired) electrons. The number of amides is 2. The van der Waals surface area contributed by atoms with Gasteiger partial charge in [-0.1, -0.05) is 18.2 Å². The summed E-state index contributed by atoms with van der Waals surface area (Å²) < 4.78 is 29.1. The van der Waals surface area contributed by atoms with Crippen molar-refractivity contribution in [1.82, 2.24) is 10.9 Å². The largest absolute Gasteiger partial charge is 0.493 e. The Morgan fingerprint density at radius 2 is 1.58 bits per heavy atom. The van der Waals surface area contributed by atoms with E-state index in [1.165, 1.54) is 51.7 Å². The third-order valence-corrected chi connectivity index (χ3v) is 3.55. The second-order valence-electron chi connectivity index (χ2n) is 5.18. The van der Waals surface area contributed by atoms with Gasteiger partial charge in [0.05, 0.1) is 27.8 Å². The van der Waals surface area contributed by atoms with E-state index in [2.05, 4.69) is 10.9 Å². The van der Waals surface area contributed by atoms with Crippen LogP contribution in [0.3, 0.4) is 0 Å². The van der Waals surface area contributed by atoms with Crippen molar-refractivity contribution in [3.63, 3.8) is 0 Å². The van der Waals surface area contributed by atoms with Gasteiger partial charge in [-0.2, -0.15) is 0 Å². The van der Waals surface area contributed by atoms with Crippen molar-refractivity contribution in [2.24, 2.45) is 0 Å². The van der Waals surface area contributed by atoms with Crippen molar-refractivity contribution < 1.29 is 28.2 Å². The van der Waals surface area contributed by atoms with Crippen LogP contribution in [0.2, 0.25) is 0 Å². The second-order valence-corrected chi connectivity index (χ2v) is 5.18. The predicted molar refractivity (Wildman–Crippen MR) is 91.8 cm³/mol. The predicted octanol–water partition coefficient (Wildman–Crippen LogP) is 1.86. The molecular formula is C18H19FN2O5. The lowest BCUT2D eigenvalue weighted by Gasteiger charge is -2.14. The molecule has 0 bridgehead atoms. The summed E-state index contributed by atoms with van der Waals surface area (Å²) in [6, 6.07) is 8.80. The minimum Gasteiger partial charge on any atom is -0.493 e. The summed E-state index contributed by atoms with van der Waals surface area (Å²) in [7, 11) is 4.30. The van der Waals surface area contributed by atoms with Gasteiger partial charge in [0, 0.05) is 5.56 Å². The molecule has 26 heavy (non-hydrogen) atoms. The van der Waals surface area contributed by atoms with Gasteiger partial charge in [-0.3, -0.25) is 20.4 Å². The number of hydrogen-bond donors (Lipinski definition) is 2. The van der Waals surface area contributed by atoms with Crippen molar-refractivity contribution in [1.29, 1.82) is 0 Å². The lowest BCUT2D eigenvalue weighted by molar-refractivity contribution is -0.121. The van der Waals surface area contributed by atoms with E-state index >= 15 is 0 Å². The third kappa shape index (κ3) is 4.41. The molecule has 0 aliphatic rings. The molecule has 0 unspecified atom stereocenters. The number of ether oxygens (including phenoxy) is 3. The van der Waals surface area contributed by atoms with Crippen molar-refractivity contribution >= 4 is 11.8 Å². The molecule has 0 atom stereocenters. The molecule has 0 aliphatic heterocycles. The van der Waals surface area contributed by atoms with Gasteiger partial charge in [-0.05, 0) is 23.8 Å². The van der Waals surface area contributed by atoms with Crippen LogP contribution < -0.4 is 25.1 Å². The monoisotopic (exact) mass is 362 g/mol. The molecule has 7 nitrogen and oxygen atoms in total. The summed E-state index contributed by atoms with van der Waals surface area (Å²) in [6.07, 6.45) is -0.206. The second kappa shape index (κ2) is 8.70. The first kappa shape index (κ1) is 19.0. The van der Waals surface area contributed by atoms with Crippen LogP contribution in [0.15, 0.2) is 36.4 Å². The Balaban J connectivity index is 2.05. The van der Waals surface area contributed by atoms with Crippen LogP contribution in [0, 0.1) is 5.82 Å². The van der Waals surface area contributed by atoms with Crippen LogP contribution in [0.25, 0.3) is 0 Å². The summed E-state index contributed by atoms with van der Waals surface area (Å²) in [5.41, 5.74) is 4.92. The zero-order valence-corrected chi connectivity index (χ0v) is 14.6. The van der Waals surface area contributed by atoms with E-state index in [-0.39, 0.29) is 17.5 Å². The van der Waals surface area contributed by atoms with Gasteiger partial charge in [-0.15, -0.1) is 0 Å². The van der Waals surface area contributed by atoms with Gasteiger partial charge >= 0.3 is 0 Å². The maximum absolute atomic E-state index is 13.5. The first-order valence-corrected chi connectivity index (χ1v) is 7.62. The number of hydrogen-bond acceptors (Lipinski definition) is 5. The van der Waals surface area contributed by atoms with Crippen LogP contribution in [-0.4, -0.2) is 33.1 Å². The number of nitrogens with one attached hydrogen (secondary N) is 2. The number of carbonyl (C=O) groups is 2. The normalized spacial score (nSPS) is 10.0. The highest BCUT2D eigenvalue weighted by atomic mass is 19.1. The first-order valence-electron chi connectivity index (χ1n) is 7.62. The van der Waals surface area contributed by atoms with E-state index in [1.54, 1.807) is 6.07 Å². The SMILES string of the molecule is COc1cc(C(=O)NNC(=O)Cc2ccccc2F)cc(OC)c1OC. The standard InChI is InChI=1S/C18H19FN2O5/c1-24-14-8-12(9-15(25-2)17(14)26-3)18(23)21-20-16(22)10-11-6-4-5-7-13(11)19/h4-9H,10H2,1-3H3,(H,20,22)(H,21,23). The fourth-order valence-electron chi connectivity index (χ4n) is 2.27. The van der Waals surface area contributed by atoms with Crippen LogP contribution >= 0.6 is 0 Å².